The fourth-order valence-corrected chi connectivity index (χ4v) is 1.01. The molecule has 0 saturated heterocycles. The molecule has 0 aromatic rings. The first kappa shape index (κ1) is 35.4. The second-order valence-corrected chi connectivity index (χ2v) is 5.20. The number of hydrogen-bond acceptors (Lipinski definition) is 11. The monoisotopic (exact) mass is 358 g/mol. The maximum atomic E-state index is 10.1. The van der Waals surface area contributed by atoms with Crippen molar-refractivity contribution in [2.24, 2.45) is 0 Å². The molecule has 0 aliphatic rings. The first-order valence-electron chi connectivity index (χ1n) is 4.51. The van der Waals surface area contributed by atoms with Crippen molar-refractivity contribution in [2.45, 2.75) is 0 Å². The Kier molecular flexibility index (Phi) is 27.8. The number of aliphatic hydroxyl groups is 2. The van der Waals surface area contributed by atoms with Crippen LogP contribution in [0, 0.1) is 0 Å². The van der Waals surface area contributed by atoms with E-state index in [9.17, 15) is 33.4 Å². The minimum Gasteiger partial charge on any atom is -0.790 e. The average molecular weight is 358 g/mol. The van der Waals surface area contributed by atoms with Crippen LogP contribution in [0.2, 0.25) is 0 Å². The molecule has 0 radical (unpaired) electrons. The third-order valence-corrected chi connectivity index (χ3v) is 2.03. The zero-order chi connectivity index (χ0) is 16.4. The Morgan fingerprint density at radius 3 is 1.35 bits per heavy atom. The average Bonchev–Trinajstić information content (AvgIpc) is 2.31. The second kappa shape index (κ2) is 18.1. The van der Waals surface area contributed by atoms with Gasteiger partial charge in [-0.25, -0.2) is 0 Å². The third kappa shape index (κ3) is 35.3. The summed E-state index contributed by atoms with van der Waals surface area (Å²) in [6.07, 6.45) is 0. The van der Waals surface area contributed by atoms with E-state index in [4.69, 9.17) is 15.1 Å². The van der Waals surface area contributed by atoms with Crippen LogP contribution >= 0.6 is 15.6 Å². The summed E-state index contributed by atoms with van der Waals surface area (Å²) in [5, 5.41) is 16.0. The predicted octanol–water partition coefficient (Wildman–Crippen LogP) is -13.6. The summed E-state index contributed by atoms with van der Waals surface area (Å²) < 4.78 is 26.6. The fourth-order valence-electron chi connectivity index (χ4n) is 0.396. The zero-order valence-electron chi connectivity index (χ0n) is 12.7. The van der Waals surface area contributed by atoms with E-state index < -0.39 is 53.6 Å². The van der Waals surface area contributed by atoms with E-state index >= 15 is 0 Å². The number of carbonyl (C=O) groups excluding carboxylic acids is 2. The van der Waals surface area contributed by atoms with Gasteiger partial charge in [0.1, 0.15) is 26.4 Å². The van der Waals surface area contributed by atoms with Crippen LogP contribution in [0.1, 0.15) is 0 Å². The fraction of sp³-hybridized carbons (Fsp3) is 0.667. The summed E-state index contributed by atoms with van der Waals surface area (Å²) >= 11 is 0. The minimum absolute atomic E-state index is 0. The SMILES string of the molecule is O=C(CO)COP(=O)([O-])O.O=C(CO)COP(=O)([O-])[O-].[Li+].[Li+].[Li+]. The molecular weight excluding hydrogens is 347 g/mol. The molecule has 0 spiro atoms. The van der Waals surface area contributed by atoms with Crippen molar-refractivity contribution in [1.82, 2.24) is 0 Å². The van der Waals surface area contributed by atoms with Crippen molar-refractivity contribution < 1.29 is 114 Å². The molecular formula is C6H11Li3O12P2. The number of rotatable bonds is 8. The van der Waals surface area contributed by atoms with Crippen molar-refractivity contribution in [3.05, 3.63) is 0 Å². The Morgan fingerprint density at radius 1 is 0.826 bits per heavy atom. The van der Waals surface area contributed by atoms with Gasteiger partial charge in [-0.05, 0) is 0 Å². The summed E-state index contributed by atoms with van der Waals surface area (Å²) in [4.78, 5) is 57.2. The molecule has 17 heteroatoms. The van der Waals surface area contributed by atoms with Crippen molar-refractivity contribution in [3.8, 4) is 0 Å². The predicted molar refractivity (Wildman–Crippen MR) is 53.5 cm³/mol. The van der Waals surface area contributed by atoms with Gasteiger partial charge in [0.15, 0.2) is 11.6 Å². The second-order valence-electron chi connectivity index (χ2n) is 2.86. The topological polar surface area (TPSA) is 217 Å². The normalized spacial score (nSPS) is 12.1. The van der Waals surface area contributed by atoms with Gasteiger partial charge < -0.3 is 43.4 Å². The molecule has 0 bridgehead atoms. The molecule has 0 aliphatic carbocycles. The van der Waals surface area contributed by atoms with Gasteiger partial charge in [0.25, 0.3) is 7.82 Å². The van der Waals surface area contributed by atoms with Gasteiger partial charge in [-0.2, -0.15) is 0 Å². The van der Waals surface area contributed by atoms with Gasteiger partial charge in [-0.3, -0.25) is 14.2 Å². The molecule has 0 aliphatic heterocycles. The molecule has 0 heterocycles. The van der Waals surface area contributed by atoms with Crippen molar-refractivity contribution in [2.75, 3.05) is 26.4 Å². The molecule has 0 fully saturated rings. The van der Waals surface area contributed by atoms with Crippen LogP contribution < -0.4 is 71.3 Å². The Labute approximate surface area is 167 Å². The van der Waals surface area contributed by atoms with E-state index in [2.05, 4.69) is 9.05 Å². The van der Waals surface area contributed by atoms with Crippen LogP contribution in [0.25, 0.3) is 0 Å². The number of Topliss-reactive ketones (excluding diaryl/α,β-unsaturated/α-hetero) is 2. The number of carbonyl (C=O) groups is 2. The minimum atomic E-state index is -5.06. The number of aliphatic hydroxyl groups excluding tert-OH is 2. The van der Waals surface area contributed by atoms with Gasteiger partial charge in [0.05, 0.1) is 7.82 Å². The molecule has 3 N–H and O–H groups in total. The van der Waals surface area contributed by atoms with E-state index in [-0.39, 0.29) is 56.6 Å². The smallest absolute Gasteiger partial charge is 0.790 e. The van der Waals surface area contributed by atoms with Gasteiger partial charge in [0, 0.05) is 0 Å². The number of ketones is 2. The Bertz CT molecular complexity index is 368. The zero-order valence-corrected chi connectivity index (χ0v) is 14.5. The summed E-state index contributed by atoms with van der Waals surface area (Å²) in [7, 11) is -9.88. The van der Waals surface area contributed by atoms with Gasteiger partial charge in [-0.1, -0.05) is 0 Å². The van der Waals surface area contributed by atoms with Crippen LogP contribution in [0.4, 0.5) is 0 Å². The standard InChI is InChI=1S/2C3H7O6P.3Li/c2*4-1-3(5)2-9-10(6,7)8;;;/h2*4H,1-2H2,(H2,6,7,8);;;/q;;3*+1/p-3. The maximum absolute atomic E-state index is 10.1. The largest absolute Gasteiger partial charge is 1.00 e. The van der Waals surface area contributed by atoms with Crippen molar-refractivity contribution >= 4 is 27.2 Å². The number of hydrogen-bond donors (Lipinski definition) is 3. The molecule has 120 valence electrons. The molecule has 12 nitrogen and oxygen atoms in total. The molecule has 1 atom stereocenters. The van der Waals surface area contributed by atoms with Gasteiger partial charge in [-0.15, -0.1) is 0 Å². The first-order valence-corrected chi connectivity index (χ1v) is 7.47. The maximum Gasteiger partial charge on any atom is 1.00 e. The Hall–Kier alpha value is 1.27. The third-order valence-electron chi connectivity index (χ3n) is 1.13. The van der Waals surface area contributed by atoms with Crippen LogP contribution in [-0.4, -0.2) is 53.1 Å². The summed E-state index contributed by atoms with van der Waals surface area (Å²) in [5.74, 6) is -1.67. The van der Waals surface area contributed by atoms with Gasteiger partial charge >= 0.3 is 56.6 Å². The molecule has 0 aromatic heterocycles. The van der Waals surface area contributed by atoms with Crippen LogP contribution in [0.3, 0.4) is 0 Å². The van der Waals surface area contributed by atoms with E-state index in [0.29, 0.717) is 0 Å². The number of phosphoric acid groups is 2. The molecule has 0 aromatic carbocycles. The van der Waals surface area contributed by atoms with Crippen LogP contribution in [0.5, 0.6) is 0 Å². The molecule has 0 amide bonds. The molecule has 0 rings (SSSR count). The van der Waals surface area contributed by atoms with Crippen LogP contribution in [-0.2, 0) is 27.8 Å². The van der Waals surface area contributed by atoms with Crippen LogP contribution in [0.15, 0.2) is 0 Å². The summed E-state index contributed by atoms with van der Waals surface area (Å²) in [5.41, 5.74) is 0. The molecule has 1 unspecified atom stereocenters. The Morgan fingerprint density at radius 2 is 1.13 bits per heavy atom. The Balaban J connectivity index is -0.0000000831. The van der Waals surface area contributed by atoms with E-state index in [1.807, 2.05) is 0 Å². The number of phosphoric ester groups is 2. The quantitative estimate of drug-likeness (QED) is 0.272. The van der Waals surface area contributed by atoms with Crippen molar-refractivity contribution in [1.29, 1.82) is 0 Å². The molecule has 0 saturated carbocycles. The van der Waals surface area contributed by atoms with E-state index in [0.717, 1.165) is 0 Å². The molecule has 23 heavy (non-hydrogen) atoms. The summed E-state index contributed by atoms with van der Waals surface area (Å²) in [6.45, 7) is -3.35. The van der Waals surface area contributed by atoms with Crippen molar-refractivity contribution in [3.63, 3.8) is 0 Å². The van der Waals surface area contributed by atoms with Gasteiger partial charge in [0.2, 0.25) is 0 Å². The van der Waals surface area contributed by atoms with E-state index in [1.165, 1.54) is 0 Å². The first-order chi connectivity index (χ1) is 8.91. The van der Waals surface area contributed by atoms with E-state index in [1.54, 1.807) is 0 Å². The summed E-state index contributed by atoms with van der Waals surface area (Å²) in [6, 6.07) is 0.